The van der Waals surface area contributed by atoms with Crippen molar-refractivity contribution in [1.82, 2.24) is 9.69 Å². The van der Waals surface area contributed by atoms with Crippen LogP contribution < -0.4 is 21.5 Å². The molecule has 0 radical (unpaired) electrons. The van der Waals surface area contributed by atoms with Gasteiger partial charge in [-0.2, -0.15) is 13.2 Å². The van der Waals surface area contributed by atoms with Crippen LogP contribution in [-0.4, -0.2) is 17.5 Å². The third kappa shape index (κ3) is 3.58. The first-order valence-electron chi connectivity index (χ1n) is 5.95. The molecule has 1 aromatic carbocycles. The standard InChI is InChI=1S/C12H11F3N4O2S/c1-16-11(21)18-8-9(20)19-22-10(8)17-7-4-2-3-6(5-7)12(13,14)15/h2-5,17H,1H3,(H,19,20)(H2,16,18,21). The third-order valence-electron chi connectivity index (χ3n) is 2.61. The van der Waals surface area contributed by atoms with E-state index in [-0.39, 0.29) is 16.4 Å². The zero-order chi connectivity index (χ0) is 16.3. The molecule has 0 aliphatic rings. The molecule has 1 aromatic heterocycles. The molecular formula is C12H11F3N4O2S. The molecule has 0 bridgehead atoms. The minimum atomic E-state index is -4.47. The quantitative estimate of drug-likeness (QED) is 0.697. The minimum absolute atomic E-state index is 0.0678. The molecule has 0 saturated carbocycles. The van der Waals surface area contributed by atoms with E-state index in [1.165, 1.54) is 19.2 Å². The van der Waals surface area contributed by atoms with Crippen LogP contribution in [0.3, 0.4) is 0 Å². The Labute approximate surface area is 126 Å². The highest BCUT2D eigenvalue weighted by Gasteiger charge is 2.30. The second-order valence-electron chi connectivity index (χ2n) is 4.15. The van der Waals surface area contributed by atoms with Gasteiger partial charge in [0, 0.05) is 12.7 Å². The molecule has 6 nitrogen and oxygen atoms in total. The van der Waals surface area contributed by atoms with E-state index in [0.717, 1.165) is 23.7 Å². The van der Waals surface area contributed by atoms with Gasteiger partial charge in [-0.25, -0.2) is 4.79 Å². The van der Waals surface area contributed by atoms with E-state index < -0.39 is 23.3 Å². The SMILES string of the molecule is CNC(=O)Nc1c(Nc2cccc(C(F)(F)F)c2)s[nH]c1=O. The van der Waals surface area contributed by atoms with Crippen molar-refractivity contribution in [3.63, 3.8) is 0 Å². The Bertz CT molecular complexity index is 738. The van der Waals surface area contributed by atoms with Crippen molar-refractivity contribution in [1.29, 1.82) is 0 Å². The molecule has 0 fully saturated rings. The maximum Gasteiger partial charge on any atom is 0.416 e. The van der Waals surface area contributed by atoms with E-state index in [9.17, 15) is 22.8 Å². The average Bonchev–Trinajstić information content (AvgIpc) is 2.79. The van der Waals surface area contributed by atoms with Crippen LogP contribution in [0.1, 0.15) is 5.56 Å². The monoisotopic (exact) mass is 332 g/mol. The second-order valence-corrected chi connectivity index (χ2v) is 4.96. The fourth-order valence-electron chi connectivity index (χ4n) is 1.58. The molecule has 0 aliphatic carbocycles. The summed E-state index contributed by atoms with van der Waals surface area (Å²) in [7, 11) is 1.37. The van der Waals surface area contributed by atoms with E-state index in [4.69, 9.17) is 0 Å². The smallest absolute Gasteiger partial charge is 0.344 e. The molecule has 118 valence electrons. The van der Waals surface area contributed by atoms with Gasteiger partial charge in [0.2, 0.25) is 0 Å². The number of H-pyrrole nitrogens is 1. The summed E-state index contributed by atoms with van der Waals surface area (Å²) in [6, 6.07) is 3.90. The zero-order valence-corrected chi connectivity index (χ0v) is 12.0. The number of rotatable bonds is 3. The topological polar surface area (TPSA) is 86.0 Å². The highest BCUT2D eigenvalue weighted by Crippen LogP contribution is 2.32. The summed E-state index contributed by atoms with van der Waals surface area (Å²) < 4.78 is 40.4. The number of carbonyl (C=O) groups is 1. The number of amides is 2. The molecule has 0 atom stereocenters. The fraction of sp³-hybridized carbons (Fsp3) is 0.167. The Hall–Kier alpha value is -2.49. The van der Waals surface area contributed by atoms with Gasteiger partial charge in [-0.3, -0.25) is 9.17 Å². The lowest BCUT2D eigenvalue weighted by Crippen LogP contribution is -2.27. The first-order chi connectivity index (χ1) is 10.3. The number of alkyl halides is 3. The van der Waals surface area contributed by atoms with E-state index in [2.05, 4.69) is 20.3 Å². The summed E-state index contributed by atoms with van der Waals surface area (Å²) in [6.45, 7) is 0. The number of hydrogen-bond donors (Lipinski definition) is 4. The number of nitrogens with one attached hydrogen (secondary N) is 4. The Balaban J connectivity index is 2.28. The first-order valence-corrected chi connectivity index (χ1v) is 6.77. The molecular weight excluding hydrogens is 321 g/mol. The van der Waals surface area contributed by atoms with Crippen molar-refractivity contribution in [3.8, 4) is 0 Å². The Morgan fingerprint density at radius 2 is 2.05 bits per heavy atom. The van der Waals surface area contributed by atoms with Crippen LogP contribution >= 0.6 is 11.5 Å². The molecule has 0 saturated heterocycles. The maximum atomic E-state index is 12.7. The molecule has 0 aliphatic heterocycles. The Morgan fingerprint density at radius 1 is 1.32 bits per heavy atom. The van der Waals surface area contributed by atoms with Crippen molar-refractivity contribution in [2.75, 3.05) is 17.7 Å². The van der Waals surface area contributed by atoms with Gasteiger partial charge in [0.15, 0.2) is 0 Å². The van der Waals surface area contributed by atoms with Gasteiger partial charge in [-0.15, -0.1) is 0 Å². The summed E-state index contributed by atoms with van der Waals surface area (Å²) in [5, 5.41) is 7.46. The molecule has 10 heteroatoms. The second kappa shape index (κ2) is 6.10. The van der Waals surface area contributed by atoms with Crippen LogP contribution in [0, 0.1) is 0 Å². The molecule has 2 aromatic rings. The van der Waals surface area contributed by atoms with Crippen LogP contribution in [0.25, 0.3) is 0 Å². The van der Waals surface area contributed by atoms with Gasteiger partial charge < -0.3 is 16.0 Å². The number of halogens is 3. The van der Waals surface area contributed by atoms with Gasteiger partial charge in [-0.1, -0.05) is 6.07 Å². The predicted octanol–water partition coefficient (Wildman–Crippen LogP) is 2.95. The highest BCUT2D eigenvalue weighted by atomic mass is 32.1. The summed E-state index contributed by atoms with van der Waals surface area (Å²) in [5.74, 6) is 0. The van der Waals surface area contributed by atoms with Crippen LogP contribution in [0.15, 0.2) is 29.1 Å². The van der Waals surface area contributed by atoms with Crippen LogP contribution in [-0.2, 0) is 6.18 Å². The number of benzene rings is 1. The first kappa shape index (κ1) is 15.9. The minimum Gasteiger partial charge on any atom is -0.344 e. The molecule has 22 heavy (non-hydrogen) atoms. The number of aromatic amines is 1. The van der Waals surface area contributed by atoms with Crippen molar-refractivity contribution in [2.24, 2.45) is 0 Å². The van der Waals surface area contributed by atoms with E-state index in [0.29, 0.717) is 0 Å². The summed E-state index contributed by atoms with van der Waals surface area (Å²) >= 11 is 0.864. The predicted molar refractivity (Wildman–Crippen MR) is 77.7 cm³/mol. The average molecular weight is 332 g/mol. The van der Waals surface area contributed by atoms with Crippen molar-refractivity contribution >= 4 is 33.9 Å². The molecule has 0 unspecified atom stereocenters. The van der Waals surface area contributed by atoms with Crippen molar-refractivity contribution in [3.05, 3.63) is 40.2 Å². The molecule has 2 amide bonds. The normalized spacial score (nSPS) is 11.1. The van der Waals surface area contributed by atoms with Crippen molar-refractivity contribution < 1.29 is 18.0 Å². The molecule has 1 heterocycles. The van der Waals surface area contributed by atoms with E-state index >= 15 is 0 Å². The lowest BCUT2D eigenvalue weighted by molar-refractivity contribution is -0.137. The van der Waals surface area contributed by atoms with Gasteiger partial charge >= 0.3 is 12.2 Å². The van der Waals surface area contributed by atoms with Gasteiger partial charge in [-0.05, 0) is 29.7 Å². The molecule has 4 N–H and O–H groups in total. The van der Waals surface area contributed by atoms with Gasteiger partial charge in [0.05, 0.1) is 5.56 Å². The Kier molecular flexibility index (Phi) is 4.40. The lowest BCUT2D eigenvalue weighted by atomic mass is 10.2. The summed E-state index contributed by atoms with van der Waals surface area (Å²) in [4.78, 5) is 22.9. The number of hydrogen-bond acceptors (Lipinski definition) is 4. The third-order valence-corrected chi connectivity index (χ3v) is 3.41. The number of anilines is 3. The van der Waals surface area contributed by atoms with E-state index in [1.807, 2.05) is 0 Å². The van der Waals surface area contributed by atoms with Crippen molar-refractivity contribution in [2.45, 2.75) is 6.18 Å². The maximum absolute atomic E-state index is 12.7. The van der Waals surface area contributed by atoms with Gasteiger partial charge in [0.1, 0.15) is 10.7 Å². The van der Waals surface area contributed by atoms with Crippen LogP contribution in [0.4, 0.5) is 34.3 Å². The zero-order valence-electron chi connectivity index (χ0n) is 11.2. The van der Waals surface area contributed by atoms with Crippen LogP contribution in [0.5, 0.6) is 0 Å². The van der Waals surface area contributed by atoms with Gasteiger partial charge in [0.25, 0.3) is 5.56 Å². The summed E-state index contributed by atoms with van der Waals surface area (Å²) in [5.41, 5.74) is -1.30. The number of carbonyl (C=O) groups excluding carboxylic acids is 1. The number of urea groups is 1. The summed E-state index contributed by atoms with van der Waals surface area (Å²) in [6.07, 6.45) is -4.47. The highest BCUT2D eigenvalue weighted by molar-refractivity contribution is 7.11. The lowest BCUT2D eigenvalue weighted by Gasteiger charge is -2.10. The molecule has 2 rings (SSSR count). The largest absolute Gasteiger partial charge is 0.416 e. The molecule has 0 spiro atoms. The Morgan fingerprint density at radius 3 is 2.68 bits per heavy atom. The van der Waals surface area contributed by atoms with Crippen LogP contribution in [0.2, 0.25) is 0 Å². The van der Waals surface area contributed by atoms with E-state index in [1.54, 1.807) is 0 Å². The number of aromatic nitrogens is 1. The fourth-order valence-corrected chi connectivity index (χ4v) is 2.30.